The molecule has 0 bridgehead atoms. The summed E-state index contributed by atoms with van der Waals surface area (Å²) in [6, 6.07) is 3.88. The van der Waals surface area contributed by atoms with E-state index < -0.39 is 0 Å². The van der Waals surface area contributed by atoms with Crippen LogP contribution in [-0.4, -0.2) is 9.97 Å². The van der Waals surface area contributed by atoms with Crippen molar-refractivity contribution >= 4 is 0 Å². The minimum Gasteiger partial charge on any atom is -0.469 e. The summed E-state index contributed by atoms with van der Waals surface area (Å²) in [6.45, 7) is 0. The number of aryl methyl sites for hydroxylation is 1. The van der Waals surface area contributed by atoms with Gasteiger partial charge in [0.2, 0.25) is 0 Å². The highest BCUT2D eigenvalue weighted by Gasteiger charge is 2.10. The molecule has 1 unspecified atom stereocenters. The Kier molecular flexibility index (Phi) is 3.63. The molecular weight excluding hydrogens is 204 g/mol. The van der Waals surface area contributed by atoms with Crippen molar-refractivity contribution < 1.29 is 4.42 Å². The molecule has 5 heteroatoms. The molecule has 5 nitrogen and oxygen atoms in total. The fourth-order valence-corrected chi connectivity index (χ4v) is 1.58. The summed E-state index contributed by atoms with van der Waals surface area (Å²) in [5.41, 5.74) is 3.74. The monoisotopic (exact) mass is 218 g/mol. The summed E-state index contributed by atoms with van der Waals surface area (Å²) in [4.78, 5) is 7.94. The molecule has 1 atom stereocenters. The average molecular weight is 218 g/mol. The third kappa shape index (κ3) is 2.65. The highest BCUT2D eigenvalue weighted by molar-refractivity contribution is 5.09. The first kappa shape index (κ1) is 10.8. The van der Waals surface area contributed by atoms with E-state index in [9.17, 15) is 0 Å². The Balaban J connectivity index is 1.96. The van der Waals surface area contributed by atoms with Gasteiger partial charge >= 0.3 is 0 Å². The van der Waals surface area contributed by atoms with Gasteiger partial charge in [0, 0.05) is 30.4 Å². The lowest BCUT2D eigenvalue weighted by atomic mass is 10.1. The second-order valence-electron chi connectivity index (χ2n) is 3.51. The lowest BCUT2D eigenvalue weighted by molar-refractivity contribution is 0.457. The minimum atomic E-state index is 0.0475. The third-order valence-corrected chi connectivity index (χ3v) is 2.44. The summed E-state index contributed by atoms with van der Waals surface area (Å²) in [5.74, 6) is 6.46. The molecule has 0 radical (unpaired) electrons. The van der Waals surface area contributed by atoms with E-state index in [2.05, 4.69) is 15.4 Å². The Morgan fingerprint density at radius 1 is 1.38 bits per heavy atom. The predicted octanol–water partition coefficient (Wildman–Crippen LogP) is 1.21. The van der Waals surface area contributed by atoms with Gasteiger partial charge in [0.15, 0.2) is 0 Å². The first-order valence-electron chi connectivity index (χ1n) is 5.13. The van der Waals surface area contributed by atoms with E-state index >= 15 is 0 Å². The van der Waals surface area contributed by atoms with Crippen LogP contribution in [0.25, 0.3) is 0 Å². The fourth-order valence-electron chi connectivity index (χ4n) is 1.58. The molecule has 2 heterocycles. The van der Waals surface area contributed by atoms with Crippen molar-refractivity contribution in [1.82, 2.24) is 15.4 Å². The van der Waals surface area contributed by atoms with E-state index in [1.54, 1.807) is 18.7 Å². The average Bonchev–Trinajstić information content (AvgIpc) is 2.84. The van der Waals surface area contributed by atoms with Crippen LogP contribution < -0.4 is 11.3 Å². The van der Waals surface area contributed by atoms with Crippen LogP contribution in [0.5, 0.6) is 0 Å². The van der Waals surface area contributed by atoms with Crippen molar-refractivity contribution in [2.75, 3.05) is 0 Å². The standard InChI is InChI=1S/C11H14N4O/c12-15-11(9-6-13-8-14-7-9)4-3-10-2-1-5-16-10/h1-2,5-8,11,15H,3-4,12H2. The smallest absolute Gasteiger partial charge is 0.115 e. The summed E-state index contributed by atoms with van der Waals surface area (Å²) >= 11 is 0. The largest absolute Gasteiger partial charge is 0.469 e. The van der Waals surface area contributed by atoms with Gasteiger partial charge in [0.25, 0.3) is 0 Å². The number of nitrogens with zero attached hydrogens (tertiary/aromatic N) is 2. The lowest BCUT2D eigenvalue weighted by Gasteiger charge is -2.14. The maximum atomic E-state index is 5.51. The van der Waals surface area contributed by atoms with E-state index in [1.807, 2.05) is 12.1 Å². The SMILES string of the molecule is NNC(CCc1ccco1)c1cncnc1. The molecule has 2 aromatic heterocycles. The second kappa shape index (κ2) is 5.39. The van der Waals surface area contributed by atoms with Gasteiger partial charge in [0.05, 0.1) is 6.26 Å². The normalized spacial score (nSPS) is 12.6. The number of furan rings is 1. The van der Waals surface area contributed by atoms with Crippen molar-refractivity contribution in [2.45, 2.75) is 18.9 Å². The van der Waals surface area contributed by atoms with E-state index in [0.29, 0.717) is 0 Å². The van der Waals surface area contributed by atoms with Crippen LogP contribution in [0.15, 0.2) is 41.5 Å². The van der Waals surface area contributed by atoms with Crippen molar-refractivity contribution in [2.24, 2.45) is 5.84 Å². The first-order chi connectivity index (χ1) is 7.90. The number of nitrogens with two attached hydrogens (primary N) is 1. The van der Waals surface area contributed by atoms with Crippen molar-refractivity contribution in [3.8, 4) is 0 Å². The lowest BCUT2D eigenvalue weighted by Crippen LogP contribution is -2.28. The number of hydrogen-bond acceptors (Lipinski definition) is 5. The zero-order valence-corrected chi connectivity index (χ0v) is 8.84. The Morgan fingerprint density at radius 2 is 2.19 bits per heavy atom. The summed E-state index contributed by atoms with van der Waals surface area (Å²) in [6.07, 6.45) is 8.38. The summed E-state index contributed by atoms with van der Waals surface area (Å²) < 4.78 is 5.26. The Morgan fingerprint density at radius 3 is 2.81 bits per heavy atom. The van der Waals surface area contributed by atoms with Gasteiger partial charge in [-0.2, -0.15) is 0 Å². The molecule has 2 aromatic rings. The molecule has 0 saturated carbocycles. The molecule has 2 rings (SSSR count). The maximum Gasteiger partial charge on any atom is 0.115 e. The molecule has 0 aliphatic rings. The third-order valence-electron chi connectivity index (χ3n) is 2.44. The van der Waals surface area contributed by atoms with Crippen molar-refractivity contribution in [3.63, 3.8) is 0 Å². The predicted molar refractivity (Wildman–Crippen MR) is 59.1 cm³/mol. The zero-order valence-electron chi connectivity index (χ0n) is 8.84. The van der Waals surface area contributed by atoms with Gasteiger partial charge in [-0.15, -0.1) is 0 Å². The molecule has 3 N–H and O–H groups in total. The van der Waals surface area contributed by atoms with E-state index in [0.717, 1.165) is 24.2 Å². The molecule has 84 valence electrons. The van der Waals surface area contributed by atoms with Crippen LogP contribution in [-0.2, 0) is 6.42 Å². The molecule has 0 aliphatic heterocycles. The maximum absolute atomic E-state index is 5.51. The van der Waals surface area contributed by atoms with Crippen LogP contribution >= 0.6 is 0 Å². The van der Waals surface area contributed by atoms with Crippen LogP contribution in [0.2, 0.25) is 0 Å². The van der Waals surface area contributed by atoms with Crippen molar-refractivity contribution in [3.05, 3.63) is 48.4 Å². The van der Waals surface area contributed by atoms with Gasteiger partial charge in [-0.3, -0.25) is 11.3 Å². The topological polar surface area (TPSA) is 77.0 Å². The van der Waals surface area contributed by atoms with Crippen LogP contribution in [0.3, 0.4) is 0 Å². The van der Waals surface area contributed by atoms with E-state index in [-0.39, 0.29) is 6.04 Å². The van der Waals surface area contributed by atoms with Crippen LogP contribution in [0.4, 0.5) is 0 Å². The number of aromatic nitrogens is 2. The first-order valence-corrected chi connectivity index (χ1v) is 5.13. The van der Waals surface area contributed by atoms with Gasteiger partial charge in [-0.05, 0) is 18.6 Å². The number of hydrazine groups is 1. The van der Waals surface area contributed by atoms with Crippen LogP contribution in [0.1, 0.15) is 23.8 Å². The van der Waals surface area contributed by atoms with Crippen LogP contribution in [0, 0.1) is 0 Å². The molecule has 0 amide bonds. The van der Waals surface area contributed by atoms with E-state index in [1.165, 1.54) is 6.33 Å². The quantitative estimate of drug-likeness (QED) is 0.582. The number of rotatable bonds is 5. The van der Waals surface area contributed by atoms with Gasteiger partial charge in [-0.25, -0.2) is 9.97 Å². The minimum absolute atomic E-state index is 0.0475. The highest BCUT2D eigenvalue weighted by Crippen LogP contribution is 2.16. The molecular formula is C11H14N4O. The molecule has 0 aromatic carbocycles. The summed E-state index contributed by atoms with van der Waals surface area (Å²) in [7, 11) is 0. The number of nitrogens with one attached hydrogen (secondary N) is 1. The zero-order chi connectivity index (χ0) is 11.2. The highest BCUT2D eigenvalue weighted by atomic mass is 16.3. The fraction of sp³-hybridized carbons (Fsp3) is 0.273. The van der Waals surface area contributed by atoms with Gasteiger partial charge < -0.3 is 4.42 Å². The van der Waals surface area contributed by atoms with Gasteiger partial charge in [0.1, 0.15) is 12.1 Å². The summed E-state index contributed by atoms with van der Waals surface area (Å²) in [5, 5.41) is 0. The molecule has 0 saturated heterocycles. The molecule has 16 heavy (non-hydrogen) atoms. The second-order valence-corrected chi connectivity index (χ2v) is 3.51. The number of hydrogen-bond donors (Lipinski definition) is 2. The Hall–Kier alpha value is -1.72. The Labute approximate surface area is 93.7 Å². The molecule has 0 spiro atoms. The van der Waals surface area contributed by atoms with Crippen molar-refractivity contribution in [1.29, 1.82) is 0 Å². The van der Waals surface area contributed by atoms with Gasteiger partial charge in [-0.1, -0.05) is 0 Å². The van der Waals surface area contributed by atoms with E-state index in [4.69, 9.17) is 10.3 Å². The Bertz CT molecular complexity index is 401. The molecule has 0 fully saturated rings. The molecule has 0 aliphatic carbocycles.